The molecule has 0 radical (unpaired) electrons. The SMILES string of the molecule is COc1ccc(-c2cc(N)nc(-c3c[nH]c4c(F)cc(F)cc34)n2)cc1.O=C(O)C1CC2CCC1CC2. The lowest BCUT2D eigenvalue weighted by Gasteiger charge is -2.40. The van der Waals surface area contributed by atoms with Crippen molar-refractivity contribution in [3.05, 3.63) is 60.3 Å². The molecule has 2 heterocycles. The highest BCUT2D eigenvalue weighted by molar-refractivity contribution is 5.94. The maximum atomic E-state index is 13.9. The van der Waals surface area contributed by atoms with E-state index in [1.165, 1.54) is 31.7 Å². The second-order valence-electron chi connectivity index (χ2n) is 9.70. The zero-order chi connectivity index (χ0) is 26.1. The fourth-order valence-electron chi connectivity index (χ4n) is 5.52. The molecule has 3 saturated carbocycles. The first kappa shape index (κ1) is 24.7. The quantitative estimate of drug-likeness (QED) is 0.310. The maximum Gasteiger partial charge on any atom is 0.306 e. The summed E-state index contributed by atoms with van der Waals surface area (Å²) in [5.74, 6) is 0.610. The molecule has 1 unspecified atom stereocenters. The van der Waals surface area contributed by atoms with Gasteiger partial charge in [0, 0.05) is 34.8 Å². The van der Waals surface area contributed by atoms with Crippen LogP contribution in [0.4, 0.5) is 14.6 Å². The van der Waals surface area contributed by atoms with E-state index in [0.717, 1.165) is 29.7 Å². The molecule has 9 heteroatoms. The number of hydrogen-bond acceptors (Lipinski definition) is 5. The van der Waals surface area contributed by atoms with E-state index in [9.17, 15) is 13.6 Å². The highest BCUT2D eigenvalue weighted by atomic mass is 19.1. The molecule has 7 nitrogen and oxygen atoms in total. The fourth-order valence-corrected chi connectivity index (χ4v) is 5.52. The van der Waals surface area contributed by atoms with Crippen molar-refractivity contribution in [2.45, 2.75) is 32.1 Å². The highest BCUT2D eigenvalue weighted by Gasteiger charge is 2.39. The molecule has 37 heavy (non-hydrogen) atoms. The van der Waals surface area contributed by atoms with Crippen molar-refractivity contribution in [3.63, 3.8) is 0 Å². The molecule has 0 amide bonds. The van der Waals surface area contributed by atoms with Crippen molar-refractivity contribution in [1.29, 1.82) is 0 Å². The molecule has 3 aliphatic rings. The number of aromatic nitrogens is 3. The maximum absolute atomic E-state index is 13.9. The third kappa shape index (κ3) is 5.12. The summed E-state index contributed by atoms with van der Waals surface area (Å²) in [5, 5.41) is 9.22. The zero-order valence-corrected chi connectivity index (χ0v) is 20.4. The number of halogens is 2. The van der Waals surface area contributed by atoms with Gasteiger partial charge >= 0.3 is 5.97 Å². The van der Waals surface area contributed by atoms with Crippen molar-refractivity contribution < 1.29 is 23.4 Å². The van der Waals surface area contributed by atoms with E-state index in [4.69, 9.17) is 15.6 Å². The van der Waals surface area contributed by atoms with Crippen LogP contribution in [-0.2, 0) is 4.79 Å². The summed E-state index contributed by atoms with van der Waals surface area (Å²) in [7, 11) is 1.59. The zero-order valence-electron chi connectivity index (χ0n) is 20.4. The molecule has 0 aliphatic heterocycles. The van der Waals surface area contributed by atoms with Crippen LogP contribution in [0.2, 0.25) is 0 Å². The molecule has 1 atom stereocenters. The summed E-state index contributed by atoms with van der Waals surface area (Å²) in [4.78, 5) is 22.3. The highest BCUT2D eigenvalue weighted by Crippen LogP contribution is 2.44. The predicted molar refractivity (Wildman–Crippen MR) is 137 cm³/mol. The number of methoxy groups -OCH3 is 1. The number of rotatable bonds is 4. The van der Waals surface area contributed by atoms with Gasteiger partial charge in [-0.2, -0.15) is 0 Å². The lowest BCUT2D eigenvalue weighted by Crippen LogP contribution is -2.35. The molecule has 4 aromatic rings. The van der Waals surface area contributed by atoms with Crippen LogP contribution in [0, 0.1) is 29.4 Å². The van der Waals surface area contributed by atoms with E-state index in [0.29, 0.717) is 22.6 Å². The fraction of sp³-hybridized carbons (Fsp3) is 0.321. The molecule has 7 rings (SSSR count). The Morgan fingerprint density at radius 1 is 1.08 bits per heavy atom. The monoisotopic (exact) mass is 506 g/mol. The normalized spacial score (nSPS) is 20.4. The standard InChI is InChI=1S/C19H14F2N4O.C9H14O2/c1-26-12-4-2-10(3-5-12)16-8-17(22)25-19(24-16)14-9-23-18-13(14)6-11(20)7-15(18)21;10-9(11)8-5-6-1-3-7(8)4-2-6/h2-9,23H,1H3,(H2,22,24,25);6-8H,1-5H2,(H,10,11). The van der Waals surface area contributed by atoms with Gasteiger partial charge in [0.25, 0.3) is 0 Å². The Morgan fingerprint density at radius 3 is 2.41 bits per heavy atom. The smallest absolute Gasteiger partial charge is 0.306 e. The van der Waals surface area contributed by atoms with Gasteiger partial charge in [0.05, 0.1) is 24.2 Å². The summed E-state index contributed by atoms with van der Waals surface area (Å²) >= 11 is 0. The Hall–Kier alpha value is -4.01. The van der Waals surface area contributed by atoms with Crippen molar-refractivity contribution in [2.75, 3.05) is 12.8 Å². The minimum Gasteiger partial charge on any atom is -0.497 e. The number of aromatic amines is 1. The molecular weight excluding hydrogens is 478 g/mol. The third-order valence-electron chi connectivity index (χ3n) is 7.44. The van der Waals surface area contributed by atoms with Crippen LogP contribution in [0.3, 0.4) is 0 Å². The summed E-state index contributed by atoms with van der Waals surface area (Å²) in [5.41, 5.74) is 8.01. The van der Waals surface area contributed by atoms with Crippen LogP contribution in [-0.4, -0.2) is 33.1 Å². The molecule has 0 saturated heterocycles. The van der Waals surface area contributed by atoms with Crippen LogP contribution in [0.15, 0.2) is 48.7 Å². The number of nitrogens with zero attached hydrogens (tertiary/aromatic N) is 2. The first-order valence-electron chi connectivity index (χ1n) is 12.3. The number of hydrogen-bond donors (Lipinski definition) is 3. The number of aliphatic carboxylic acids is 1. The first-order chi connectivity index (χ1) is 17.8. The predicted octanol–water partition coefficient (Wildman–Crippen LogP) is 6.06. The van der Waals surface area contributed by atoms with E-state index < -0.39 is 17.6 Å². The van der Waals surface area contributed by atoms with Crippen molar-refractivity contribution in [3.8, 4) is 28.4 Å². The van der Waals surface area contributed by atoms with Gasteiger partial charge in [-0.15, -0.1) is 0 Å². The third-order valence-corrected chi connectivity index (χ3v) is 7.44. The van der Waals surface area contributed by atoms with Gasteiger partial charge in [-0.05, 0) is 61.4 Å². The average Bonchev–Trinajstić information content (AvgIpc) is 3.34. The second-order valence-corrected chi connectivity index (χ2v) is 9.70. The van der Waals surface area contributed by atoms with Crippen molar-refractivity contribution >= 4 is 22.7 Å². The molecule has 2 aromatic heterocycles. The van der Waals surface area contributed by atoms with Gasteiger partial charge < -0.3 is 20.6 Å². The number of carboxylic acid groups (broad SMARTS) is 1. The molecule has 3 aliphatic carbocycles. The number of carboxylic acids is 1. The largest absolute Gasteiger partial charge is 0.497 e. The first-order valence-corrected chi connectivity index (χ1v) is 12.3. The van der Waals surface area contributed by atoms with E-state index in [2.05, 4.69) is 15.0 Å². The van der Waals surface area contributed by atoms with Crippen molar-refractivity contribution in [1.82, 2.24) is 15.0 Å². The Kier molecular flexibility index (Phi) is 6.78. The summed E-state index contributed by atoms with van der Waals surface area (Å²) in [6.07, 6.45) is 7.41. The minimum atomic E-state index is -0.675. The number of H-pyrrole nitrogens is 1. The number of nitrogen functional groups attached to an aromatic ring is 1. The van der Waals surface area contributed by atoms with Gasteiger partial charge in [-0.3, -0.25) is 4.79 Å². The number of fused-ring (bicyclic) bond motifs is 4. The van der Waals surface area contributed by atoms with E-state index in [-0.39, 0.29) is 23.1 Å². The minimum absolute atomic E-state index is 0.00231. The molecule has 0 spiro atoms. The Bertz CT molecular complexity index is 1430. The van der Waals surface area contributed by atoms with Crippen LogP contribution in [0.5, 0.6) is 5.75 Å². The van der Waals surface area contributed by atoms with Crippen LogP contribution < -0.4 is 10.5 Å². The Morgan fingerprint density at radius 2 is 1.81 bits per heavy atom. The molecular formula is C28H28F2N4O3. The molecule has 192 valence electrons. The number of nitrogens with two attached hydrogens (primary N) is 1. The number of ether oxygens (including phenoxy) is 1. The van der Waals surface area contributed by atoms with Gasteiger partial charge in [0.1, 0.15) is 23.2 Å². The lowest BCUT2D eigenvalue weighted by atomic mass is 9.65. The van der Waals surface area contributed by atoms with Gasteiger partial charge in [-0.1, -0.05) is 12.8 Å². The van der Waals surface area contributed by atoms with Crippen LogP contribution in [0.1, 0.15) is 32.1 Å². The van der Waals surface area contributed by atoms with E-state index in [1.807, 2.05) is 24.3 Å². The second kappa shape index (κ2) is 10.2. The summed E-state index contributed by atoms with van der Waals surface area (Å²) < 4.78 is 32.7. The Balaban J connectivity index is 0.000000212. The van der Waals surface area contributed by atoms with Gasteiger partial charge in [0.2, 0.25) is 0 Å². The number of carbonyl (C=O) groups is 1. The number of anilines is 1. The lowest BCUT2D eigenvalue weighted by molar-refractivity contribution is -0.147. The molecule has 4 N–H and O–H groups in total. The van der Waals surface area contributed by atoms with E-state index in [1.54, 1.807) is 19.4 Å². The van der Waals surface area contributed by atoms with Crippen molar-refractivity contribution in [2.24, 2.45) is 17.8 Å². The Labute approximate surface area is 212 Å². The molecule has 3 fully saturated rings. The van der Waals surface area contributed by atoms with Crippen LogP contribution in [0.25, 0.3) is 33.5 Å². The van der Waals surface area contributed by atoms with Gasteiger partial charge in [0.15, 0.2) is 5.82 Å². The summed E-state index contributed by atoms with van der Waals surface area (Å²) in [6.45, 7) is 0. The average molecular weight is 507 g/mol. The summed E-state index contributed by atoms with van der Waals surface area (Å²) in [6, 6.07) is 11.0. The van der Waals surface area contributed by atoms with Crippen LogP contribution >= 0.6 is 0 Å². The number of nitrogens with one attached hydrogen (secondary N) is 1. The van der Waals surface area contributed by atoms with Gasteiger partial charge in [-0.25, -0.2) is 18.7 Å². The topological polar surface area (TPSA) is 114 Å². The number of benzene rings is 2. The molecule has 2 bridgehead atoms. The van der Waals surface area contributed by atoms with E-state index >= 15 is 0 Å². The molecule has 2 aromatic carbocycles.